The molecular weight excluding hydrogens is 315 g/mol. The van der Waals surface area contributed by atoms with E-state index in [-0.39, 0.29) is 37.5 Å². The number of halogens is 1. The van der Waals surface area contributed by atoms with Gasteiger partial charge in [-0.05, 0) is 30.9 Å². The molecule has 0 bridgehead atoms. The minimum atomic E-state index is -0.807. The molecule has 1 aliphatic carbocycles. The second-order valence-electron chi connectivity index (χ2n) is 6.61. The summed E-state index contributed by atoms with van der Waals surface area (Å²) < 4.78 is 24.7. The topological polar surface area (TPSA) is 54.0 Å². The summed E-state index contributed by atoms with van der Waals surface area (Å²) in [5.74, 6) is -0.820. The van der Waals surface area contributed by atoms with Crippen LogP contribution in [0.4, 0.5) is 4.39 Å². The van der Waals surface area contributed by atoms with E-state index in [4.69, 9.17) is 19.2 Å². The predicted molar refractivity (Wildman–Crippen MR) is 84.0 cm³/mol. The maximum absolute atomic E-state index is 14.7. The predicted octanol–water partition coefficient (Wildman–Crippen LogP) is 3.20. The number of esters is 1. The van der Waals surface area contributed by atoms with Gasteiger partial charge in [0.1, 0.15) is 11.5 Å². The zero-order valence-electron chi connectivity index (χ0n) is 13.9. The lowest BCUT2D eigenvalue weighted by Crippen LogP contribution is -2.51. The van der Waals surface area contributed by atoms with Gasteiger partial charge < -0.3 is 14.4 Å². The maximum Gasteiger partial charge on any atom is 0.316 e. The number of hydrogen-bond acceptors (Lipinski definition) is 5. The summed E-state index contributed by atoms with van der Waals surface area (Å²) >= 11 is 0. The van der Waals surface area contributed by atoms with Crippen molar-refractivity contribution in [1.29, 1.82) is 0 Å². The summed E-state index contributed by atoms with van der Waals surface area (Å²) in [6, 6.07) is 4.87. The highest BCUT2D eigenvalue weighted by Crippen LogP contribution is 2.35. The summed E-state index contributed by atoms with van der Waals surface area (Å²) in [5, 5.41) is 0. The number of carbonyl (C=O) groups is 1. The van der Waals surface area contributed by atoms with Crippen molar-refractivity contribution < 1.29 is 28.4 Å². The van der Waals surface area contributed by atoms with Crippen molar-refractivity contribution in [3.63, 3.8) is 0 Å². The fourth-order valence-electron chi connectivity index (χ4n) is 3.26. The largest absolute Gasteiger partial charge is 0.468 e. The molecule has 0 spiro atoms. The Labute approximate surface area is 141 Å². The van der Waals surface area contributed by atoms with Crippen LogP contribution in [0.3, 0.4) is 0 Å². The van der Waals surface area contributed by atoms with Gasteiger partial charge in [0.25, 0.3) is 0 Å². The first-order chi connectivity index (χ1) is 11.6. The second kappa shape index (κ2) is 7.49. The van der Waals surface area contributed by atoms with Crippen molar-refractivity contribution in [2.24, 2.45) is 5.41 Å². The Morgan fingerprint density at radius 3 is 2.67 bits per heavy atom. The zero-order valence-corrected chi connectivity index (χ0v) is 13.9. The average Bonchev–Trinajstić information content (AvgIpc) is 2.58. The highest BCUT2D eigenvalue weighted by molar-refractivity contribution is 5.78. The lowest BCUT2D eigenvalue weighted by atomic mass is 9.79. The number of methoxy groups -OCH3 is 1. The van der Waals surface area contributed by atoms with Gasteiger partial charge >= 0.3 is 5.97 Å². The third-order valence-corrected chi connectivity index (χ3v) is 4.77. The highest BCUT2D eigenvalue weighted by Gasteiger charge is 2.47. The first kappa shape index (κ1) is 17.2. The van der Waals surface area contributed by atoms with Crippen LogP contribution in [0.2, 0.25) is 0 Å². The quantitative estimate of drug-likeness (QED) is 0.453. The monoisotopic (exact) mass is 338 g/mol. The van der Waals surface area contributed by atoms with Gasteiger partial charge in [-0.25, -0.2) is 4.39 Å². The minimum absolute atomic E-state index is 0.0169. The molecule has 5 nitrogen and oxygen atoms in total. The van der Waals surface area contributed by atoms with Crippen LogP contribution >= 0.6 is 0 Å². The molecule has 1 heterocycles. The second-order valence-corrected chi connectivity index (χ2v) is 6.61. The molecule has 132 valence electrons. The lowest BCUT2D eigenvalue weighted by Gasteiger charge is -2.38. The van der Waals surface area contributed by atoms with Crippen molar-refractivity contribution in [3.05, 3.63) is 29.6 Å². The lowest BCUT2D eigenvalue weighted by molar-refractivity contribution is -0.252. The van der Waals surface area contributed by atoms with Gasteiger partial charge in [-0.15, -0.1) is 0 Å². The molecule has 2 fully saturated rings. The molecular formula is C18H23FO5. The van der Waals surface area contributed by atoms with Gasteiger partial charge in [0.2, 0.25) is 5.75 Å². The van der Waals surface area contributed by atoms with Crippen molar-refractivity contribution in [2.75, 3.05) is 20.3 Å². The van der Waals surface area contributed by atoms with Gasteiger partial charge in [-0.1, -0.05) is 31.4 Å². The van der Waals surface area contributed by atoms with E-state index < -0.39 is 11.2 Å². The molecule has 3 rings (SSSR count). The molecule has 2 aliphatic rings. The Kier molecular flexibility index (Phi) is 5.36. The van der Waals surface area contributed by atoms with Crippen molar-refractivity contribution in [2.45, 2.75) is 44.6 Å². The molecule has 0 amide bonds. The SMILES string of the molecule is COC(=O)C1(Cc2cccc(OOC3CCCCC3)c2F)COC1. The van der Waals surface area contributed by atoms with Crippen LogP contribution < -0.4 is 4.89 Å². The fraction of sp³-hybridized carbons (Fsp3) is 0.611. The van der Waals surface area contributed by atoms with Crippen LogP contribution in [0.1, 0.15) is 37.7 Å². The van der Waals surface area contributed by atoms with Crippen molar-refractivity contribution in [1.82, 2.24) is 0 Å². The van der Waals surface area contributed by atoms with E-state index in [2.05, 4.69) is 0 Å². The van der Waals surface area contributed by atoms with Gasteiger partial charge in [-0.2, -0.15) is 4.89 Å². The number of carbonyl (C=O) groups excluding carboxylic acids is 1. The van der Waals surface area contributed by atoms with Crippen LogP contribution in [-0.4, -0.2) is 32.4 Å². The van der Waals surface area contributed by atoms with Crippen LogP contribution in [-0.2, 0) is 25.6 Å². The molecule has 1 saturated heterocycles. The third-order valence-electron chi connectivity index (χ3n) is 4.77. The van der Waals surface area contributed by atoms with Crippen LogP contribution in [0.25, 0.3) is 0 Å². The number of ether oxygens (including phenoxy) is 2. The molecule has 0 unspecified atom stereocenters. The maximum atomic E-state index is 14.7. The first-order valence-electron chi connectivity index (χ1n) is 8.41. The molecule has 0 radical (unpaired) electrons. The standard InChI is InChI=1S/C18H23FO5/c1-21-17(20)18(11-22-12-18)10-13-6-5-9-15(16(13)19)24-23-14-7-3-2-4-8-14/h5-6,9,14H,2-4,7-8,10-12H2,1H3. The normalized spacial score (nSPS) is 20.2. The first-order valence-corrected chi connectivity index (χ1v) is 8.41. The third kappa shape index (κ3) is 3.54. The molecule has 0 N–H and O–H groups in total. The van der Waals surface area contributed by atoms with Gasteiger partial charge in [0.05, 0.1) is 20.3 Å². The van der Waals surface area contributed by atoms with E-state index in [0.717, 1.165) is 25.7 Å². The average molecular weight is 338 g/mol. The van der Waals surface area contributed by atoms with E-state index in [1.165, 1.54) is 19.6 Å². The zero-order chi connectivity index (χ0) is 17.0. The van der Waals surface area contributed by atoms with Crippen molar-refractivity contribution >= 4 is 5.97 Å². The van der Waals surface area contributed by atoms with E-state index in [9.17, 15) is 9.18 Å². The Morgan fingerprint density at radius 2 is 2.04 bits per heavy atom. The molecule has 1 aromatic rings. The summed E-state index contributed by atoms with van der Waals surface area (Å²) in [7, 11) is 1.33. The minimum Gasteiger partial charge on any atom is -0.468 e. The van der Waals surface area contributed by atoms with Crippen LogP contribution in [0, 0.1) is 11.2 Å². The number of rotatable bonds is 6. The fourth-order valence-corrected chi connectivity index (χ4v) is 3.26. The van der Waals surface area contributed by atoms with Crippen LogP contribution in [0.5, 0.6) is 5.75 Å². The molecule has 1 aliphatic heterocycles. The van der Waals surface area contributed by atoms with Gasteiger partial charge in [0.15, 0.2) is 5.82 Å². The number of benzene rings is 1. The Morgan fingerprint density at radius 1 is 1.29 bits per heavy atom. The van der Waals surface area contributed by atoms with Gasteiger partial charge in [-0.3, -0.25) is 4.79 Å². The highest BCUT2D eigenvalue weighted by atomic mass is 19.1. The van der Waals surface area contributed by atoms with E-state index in [1.807, 2.05) is 0 Å². The molecule has 0 aromatic heterocycles. The Balaban J connectivity index is 1.67. The molecule has 6 heteroatoms. The smallest absolute Gasteiger partial charge is 0.316 e. The molecule has 24 heavy (non-hydrogen) atoms. The molecule has 0 atom stereocenters. The summed E-state index contributed by atoms with van der Waals surface area (Å²) in [4.78, 5) is 22.6. The van der Waals surface area contributed by atoms with E-state index in [1.54, 1.807) is 12.1 Å². The Bertz CT molecular complexity index is 579. The summed E-state index contributed by atoms with van der Waals surface area (Å²) in [5.41, 5.74) is -0.410. The van der Waals surface area contributed by atoms with E-state index >= 15 is 0 Å². The van der Waals surface area contributed by atoms with Crippen molar-refractivity contribution in [3.8, 4) is 5.75 Å². The Hall–Kier alpha value is -1.66. The summed E-state index contributed by atoms with van der Waals surface area (Å²) in [6.07, 6.45) is 5.53. The number of hydrogen-bond donors (Lipinski definition) is 0. The van der Waals surface area contributed by atoms with Gasteiger partial charge in [0, 0.05) is 0 Å². The molecule has 1 saturated carbocycles. The molecule has 1 aromatic carbocycles. The summed E-state index contributed by atoms with van der Waals surface area (Å²) in [6.45, 7) is 0.478. The van der Waals surface area contributed by atoms with Crippen LogP contribution in [0.15, 0.2) is 18.2 Å². The van der Waals surface area contributed by atoms with E-state index in [0.29, 0.717) is 5.56 Å².